The maximum Gasteiger partial charge on any atom is 0.335 e. The Kier molecular flexibility index (Phi) is 5.43. The summed E-state index contributed by atoms with van der Waals surface area (Å²) in [4.78, 5) is 10.1. The van der Waals surface area contributed by atoms with Crippen molar-refractivity contribution in [3.05, 3.63) is 29.6 Å². The summed E-state index contributed by atoms with van der Waals surface area (Å²) in [5.41, 5.74) is -1.27. The molecular weight excluding hydrogens is 301 g/mol. The van der Waals surface area contributed by atoms with E-state index in [2.05, 4.69) is 4.72 Å². The molecule has 8 heteroatoms. The summed E-state index contributed by atoms with van der Waals surface area (Å²) in [7, 11) is -4.24. The van der Waals surface area contributed by atoms with Crippen molar-refractivity contribution in [3.8, 4) is 0 Å². The van der Waals surface area contributed by atoms with E-state index in [0.29, 0.717) is 6.42 Å². The van der Waals surface area contributed by atoms with E-state index in [9.17, 15) is 17.6 Å². The standard InChI is InChI=1S/C13H18FNO5S/c1-3-13(2,6-7-16)15-21(19,20)11-8-9(12(17)18)4-5-10(11)14/h4-5,8,15-16H,3,6-7H2,1-2H3,(H,17,18). The monoisotopic (exact) mass is 319 g/mol. The van der Waals surface area contributed by atoms with E-state index in [1.165, 1.54) is 0 Å². The third-order valence-electron chi connectivity index (χ3n) is 3.29. The molecule has 118 valence electrons. The number of nitrogens with one attached hydrogen (secondary N) is 1. The van der Waals surface area contributed by atoms with Crippen LogP contribution in [0.15, 0.2) is 23.1 Å². The van der Waals surface area contributed by atoms with Gasteiger partial charge in [-0.2, -0.15) is 0 Å². The molecule has 21 heavy (non-hydrogen) atoms. The van der Waals surface area contributed by atoms with Gasteiger partial charge < -0.3 is 10.2 Å². The number of hydrogen-bond acceptors (Lipinski definition) is 4. The van der Waals surface area contributed by atoms with Gasteiger partial charge in [-0.1, -0.05) is 6.92 Å². The Hall–Kier alpha value is -1.51. The lowest BCUT2D eigenvalue weighted by molar-refractivity contribution is 0.0696. The second-order valence-electron chi connectivity index (χ2n) is 4.94. The lowest BCUT2D eigenvalue weighted by Crippen LogP contribution is -2.46. The van der Waals surface area contributed by atoms with Gasteiger partial charge in [-0.05, 0) is 38.0 Å². The van der Waals surface area contributed by atoms with Crippen molar-refractivity contribution in [1.29, 1.82) is 0 Å². The van der Waals surface area contributed by atoms with Crippen molar-refractivity contribution in [3.63, 3.8) is 0 Å². The molecule has 0 saturated heterocycles. The molecule has 1 aromatic carbocycles. The van der Waals surface area contributed by atoms with Crippen molar-refractivity contribution in [2.45, 2.75) is 37.1 Å². The molecule has 6 nitrogen and oxygen atoms in total. The van der Waals surface area contributed by atoms with Crippen LogP contribution in [0, 0.1) is 5.82 Å². The first-order chi connectivity index (χ1) is 9.65. The molecule has 1 atom stereocenters. The predicted molar refractivity (Wildman–Crippen MR) is 74.1 cm³/mol. The number of aromatic carboxylic acids is 1. The van der Waals surface area contributed by atoms with Gasteiger partial charge in [0.25, 0.3) is 0 Å². The molecule has 0 radical (unpaired) electrons. The molecule has 0 aromatic heterocycles. The van der Waals surface area contributed by atoms with Gasteiger partial charge in [0.2, 0.25) is 10.0 Å². The summed E-state index contributed by atoms with van der Waals surface area (Å²) in [6.07, 6.45) is 0.538. The fraction of sp³-hybridized carbons (Fsp3) is 0.462. The van der Waals surface area contributed by atoms with Crippen LogP contribution in [0.5, 0.6) is 0 Å². The highest BCUT2D eigenvalue weighted by atomic mass is 32.2. The van der Waals surface area contributed by atoms with E-state index in [1.807, 2.05) is 0 Å². The highest BCUT2D eigenvalue weighted by Gasteiger charge is 2.30. The zero-order chi connectivity index (χ0) is 16.3. The summed E-state index contributed by atoms with van der Waals surface area (Å²) >= 11 is 0. The van der Waals surface area contributed by atoms with Crippen LogP contribution in [0.25, 0.3) is 0 Å². The van der Waals surface area contributed by atoms with Gasteiger partial charge in [0, 0.05) is 12.1 Å². The largest absolute Gasteiger partial charge is 0.478 e. The molecule has 0 spiro atoms. The fourth-order valence-corrected chi connectivity index (χ4v) is 3.38. The highest BCUT2D eigenvalue weighted by molar-refractivity contribution is 7.89. The van der Waals surface area contributed by atoms with Crippen molar-refractivity contribution in [2.75, 3.05) is 6.61 Å². The lowest BCUT2D eigenvalue weighted by atomic mass is 9.97. The van der Waals surface area contributed by atoms with E-state index in [1.54, 1.807) is 13.8 Å². The Bertz CT molecular complexity index is 631. The van der Waals surface area contributed by atoms with Crippen LogP contribution in [0.3, 0.4) is 0 Å². The third-order valence-corrected chi connectivity index (χ3v) is 4.95. The number of sulfonamides is 1. The molecular formula is C13H18FNO5S. The Morgan fingerprint density at radius 3 is 2.52 bits per heavy atom. The third kappa shape index (κ3) is 4.23. The molecule has 0 saturated carbocycles. The van der Waals surface area contributed by atoms with Crippen molar-refractivity contribution < 1.29 is 27.8 Å². The van der Waals surface area contributed by atoms with Crippen LogP contribution in [-0.4, -0.2) is 36.7 Å². The average molecular weight is 319 g/mol. The van der Waals surface area contributed by atoms with E-state index in [4.69, 9.17) is 10.2 Å². The summed E-state index contributed by atoms with van der Waals surface area (Å²) in [5.74, 6) is -2.38. The molecule has 1 rings (SSSR count). The number of benzene rings is 1. The maximum absolute atomic E-state index is 13.7. The van der Waals surface area contributed by atoms with E-state index >= 15 is 0 Å². The zero-order valence-electron chi connectivity index (χ0n) is 11.8. The van der Waals surface area contributed by atoms with Gasteiger partial charge in [-0.25, -0.2) is 22.3 Å². The Labute approximate surface area is 122 Å². The number of aliphatic hydroxyl groups excluding tert-OH is 1. The van der Waals surface area contributed by atoms with E-state index in [-0.39, 0.29) is 18.6 Å². The number of carboxylic acids is 1. The highest BCUT2D eigenvalue weighted by Crippen LogP contribution is 2.22. The van der Waals surface area contributed by atoms with Crippen molar-refractivity contribution in [2.24, 2.45) is 0 Å². The summed E-state index contributed by atoms with van der Waals surface area (Å²) in [6.45, 7) is 3.08. The van der Waals surface area contributed by atoms with Crippen LogP contribution in [-0.2, 0) is 10.0 Å². The molecule has 0 bridgehead atoms. The first-order valence-corrected chi connectivity index (χ1v) is 7.81. The number of rotatable bonds is 7. The first kappa shape index (κ1) is 17.5. The average Bonchev–Trinajstić information content (AvgIpc) is 2.38. The Morgan fingerprint density at radius 2 is 2.05 bits per heavy atom. The van der Waals surface area contributed by atoms with Crippen LogP contribution in [0.2, 0.25) is 0 Å². The van der Waals surface area contributed by atoms with Crippen LogP contribution >= 0.6 is 0 Å². The second-order valence-corrected chi connectivity index (χ2v) is 6.59. The topological polar surface area (TPSA) is 104 Å². The van der Waals surface area contributed by atoms with Crippen LogP contribution in [0.4, 0.5) is 4.39 Å². The quantitative estimate of drug-likeness (QED) is 0.704. The Balaban J connectivity index is 3.25. The number of carboxylic acid groups (broad SMARTS) is 1. The predicted octanol–water partition coefficient (Wildman–Crippen LogP) is 1.35. The molecule has 3 N–H and O–H groups in total. The molecule has 0 amide bonds. The van der Waals surface area contributed by atoms with Crippen LogP contribution in [0.1, 0.15) is 37.0 Å². The minimum atomic E-state index is -4.24. The molecule has 0 aliphatic rings. The number of hydrogen-bond donors (Lipinski definition) is 3. The molecule has 0 heterocycles. The smallest absolute Gasteiger partial charge is 0.335 e. The normalized spacial score (nSPS) is 14.7. The van der Waals surface area contributed by atoms with Crippen molar-refractivity contribution in [1.82, 2.24) is 4.72 Å². The maximum atomic E-state index is 13.7. The molecule has 0 aliphatic heterocycles. The SMILES string of the molecule is CCC(C)(CCO)NS(=O)(=O)c1cc(C(=O)O)ccc1F. The fourth-order valence-electron chi connectivity index (χ4n) is 1.77. The molecule has 1 unspecified atom stereocenters. The van der Waals surface area contributed by atoms with E-state index < -0.39 is 32.2 Å². The molecule has 0 fully saturated rings. The van der Waals surface area contributed by atoms with Crippen LogP contribution < -0.4 is 4.72 Å². The van der Waals surface area contributed by atoms with Gasteiger partial charge in [-0.15, -0.1) is 0 Å². The van der Waals surface area contributed by atoms with E-state index in [0.717, 1.165) is 18.2 Å². The number of aliphatic hydroxyl groups is 1. The van der Waals surface area contributed by atoms with Gasteiger partial charge in [-0.3, -0.25) is 0 Å². The second kappa shape index (κ2) is 6.50. The number of carbonyl (C=O) groups is 1. The summed E-state index contributed by atoms with van der Waals surface area (Å²) < 4.78 is 40.6. The van der Waals surface area contributed by atoms with Gasteiger partial charge in [0.15, 0.2) is 0 Å². The summed E-state index contributed by atoms with van der Waals surface area (Å²) in [6, 6.07) is 2.56. The summed E-state index contributed by atoms with van der Waals surface area (Å²) in [5, 5.41) is 17.8. The first-order valence-electron chi connectivity index (χ1n) is 6.33. The minimum Gasteiger partial charge on any atom is -0.478 e. The van der Waals surface area contributed by atoms with Gasteiger partial charge in [0.1, 0.15) is 10.7 Å². The zero-order valence-corrected chi connectivity index (χ0v) is 12.6. The molecule has 1 aromatic rings. The minimum absolute atomic E-state index is 0.156. The van der Waals surface area contributed by atoms with Gasteiger partial charge >= 0.3 is 5.97 Å². The number of halogens is 1. The lowest BCUT2D eigenvalue weighted by Gasteiger charge is -2.28. The van der Waals surface area contributed by atoms with Gasteiger partial charge in [0.05, 0.1) is 5.56 Å². The van der Waals surface area contributed by atoms with Crippen molar-refractivity contribution >= 4 is 16.0 Å². The Morgan fingerprint density at radius 1 is 1.43 bits per heavy atom. The molecule has 0 aliphatic carbocycles.